The van der Waals surface area contributed by atoms with E-state index >= 15 is 0 Å². The monoisotopic (exact) mass is 701 g/mol. The summed E-state index contributed by atoms with van der Waals surface area (Å²) in [6, 6.07) is 0. The molecule has 11 atom stereocenters. The number of aliphatic hydroxyl groups is 1. The van der Waals surface area contributed by atoms with Gasteiger partial charge >= 0.3 is 0 Å². The summed E-state index contributed by atoms with van der Waals surface area (Å²) >= 11 is 0. The Morgan fingerprint density at radius 3 is 2.08 bits per heavy atom. The Hall–Kier alpha value is -2.27. The maximum Gasteiger partial charge on any atom is 0.0637 e. The molecule has 0 bridgehead atoms. The van der Waals surface area contributed by atoms with Crippen molar-refractivity contribution in [3.05, 3.63) is 31.3 Å². The lowest BCUT2D eigenvalue weighted by Crippen LogP contribution is -2.63. The van der Waals surface area contributed by atoms with Crippen molar-refractivity contribution >= 4 is 0 Å². The predicted octanol–water partition coefficient (Wildman–Crippen LogP) is 8.51. The standard InChI is InChI=1S/C36H64N10O4/c1-26(9-4-14-40-15-5-19-47)29-10-11-30-34-31(25-33(36(29,30)3)50-22-8-18-43-46-39)35(2)13-12-28(48-20-6-16-41-44-37)23-27(35)24-32(34)49-21-7-17-42-45-38/h26-34,40,47H,4-25H2,1-3H3/t26-,27+,28-,29?,30+,31+,32-,33+,34+,35+,36-/m1/s1. The van der Waals surface area contributed by atoms with Crippen LogP contribution in [0.5, 0.6) is 0 Å². The molecule has 1 unspecified atom stereocenters. The zero-order valence-electron chi connectivity index (χ0n) is 30.9. The number of nitrogens with zero attached hydrogens (tertiary/aromatic N) is 9. The van der Waals surface area contributed by atoms with E-state index in [0.29, 0.717) is 75.0 Å². The van der Waals surface area contributed by atoms with Crippen molar-refractivity contribution in [3.63, 3.8) is 0 Å². The largest absolute Gasteiger partial charge is 0.396 e. The summed E-state index contributed by atoms with van der Waals surface area (Å²) in [6.07, 6.45) is 13.4. The lowest BCUT2D eigenvalue weighted by atomic mass is 9.43. The highest BCUT2D eigenvalue weighted by molar-refractivity contribution is 5.15. The molecular weight excluding hydrogens is 636 g/mol. The summed E-state index contributed by atoms with van der Waals surface area (Å²) in [6.45, 7) is 12.8. The predicted molar refractivity (Wildman–Crippen MR) is 194 cm³/mol. The Balaban J connectivity index is 1.57. The number of azide groups is 3. The highest BCUT2D eigenvalue weighted by Crippen LogP contribution is 2.69. The first-order chi connectivity index (χ1) is 24.3. The number of aliphatic hydroxyl groups excluding tert-OH is 1. The fourth-order valence-corrected chi connectivity index (χ4v) is 11.0. The molecule has 4 saturated carbocycles. The second-order valence-electron chi connectivity index (χ2n) is 15.9. The minimum atomic E-state index is 0.0194. The quantitative estimate of drug-likeness (QED) is 0.0464. The van der Waals surface area contributed by atoms with Crippen molar-refractivity contribution < 1.29 is 19.3 Å². The van der Waals surface area contributed by atoms with E-state index in [0.717, 1.165) is 77.3 Å². The van der Waals surface area contributed by atoms with E-state index in [4.69, 9.17) is 35.9 Å². The zero-order chi connectivity index (χ0) is 35.8. The van der Waals surface area contributed by atoms with E-state index in [1.54, 1.807) is 0 Å². The van der Waals surface area contributed by atoms with Crippen molar-refractivity contribution in [2.24, 2.45) is 61.7 Å². The molecule has 4 fully saturated rings. The molecule has 2 N–H and O–H groups in total. The number of hydrogen-bond acceptors (Lipinski definition) is 8. The molecular formula is C36H64N10O4. The maximum absolute atomic E-state index is 9.14. The third-order valence-corrected chi connectivity index (χ3v) is 13.4. The van der Waals surface area contributed by atoms with E-state index in [2.05, 4.69) is 56.2 Å². The van der Waals surface area contributed by atoms with Gasteiger partial charge in [0.05, 0.1) is 18.3 Å². The summed E-state index contributed by atoms with van der Waals surface area (Å²) in [7, 11) is 0. The summed E-state index contributed by atoms with van der Waals surface area (Å²) < 4.78 is 20.2. The smallest absolute Gasteiger partial charge is 0.0637 e. The molecule has 0 saturated heterocycles. The molecule has 4 aliphatic rings. The summed E-state index contributed by atoms with van der Waals surface area (Å²) in [5, 5.41) is 23.8. The fraction of sp³-hybridized carbons (Fsp3) is 1.00. The van der Waals surface area contributed by atoms with Crippen LogP contribution < -0.4 is 5.32 Å². The third kappa shape index (κ3) is 9.98. The van der Waals surface area contributed by atoms with E-state index < -0.39 is 0 Å². The first-order valence-electron chi connectivity index (χ1n) is 19.5. The van der Waals surface area contributed by atoms with E-state index in [9.17, 15) is 0 Å². The molecule has 14 nitrogen and oxygen atoms in total. The van der Waals surface area contributed by atoms with Gasteiger partial charge in [0.1, 0.15) is 0 Å². The molecule has 0 heterocycles. The molecule has 282 valence electrons. The molecule has 0 aromatic carbocycles. The van der Waals surface area contributed by atoms with Crippen molar-refractivity contribution in [2.45, 2.75) is 123 Å². The van der Waals surface area contributed by atoms with Gasteiger partial charge in [-0.2, -0.15) is 0 Å². The lowest BCUT2D eigenvalue weighted by Gasteiger charge is -2.65. The van der Waals surface area contributed by atoms with Crippen LogP contribution >= 0.6 is 0 Å². The molecule has 0 radical (unpaired) electrons. The van der Waals surface area contributed by atoms with Crippen molar-refractivity contribution in [1.82, 2.24) is 5.32 Å². The molecule has 4 rings (SSSR count). The van der Waals surface area contributed by atoms with Gasteiger partial charge in [0.15, 0.2) is 0 Å². The van der Waals surface area contributed by atoms with Crippen LogP contribution in [0.3, 0.4) is 0 Å². The Bertz CT molecular complexity index is 1180. The maximum atomic E-state index is 9.14. The molecule has 0 spiro atoms. The molecule has 0 aliphatic heterocycles. The van der Waals surface area contributed by atoms with Crippen LogP contribution in [-0.2, 0) is 14.2 Å². The van der Waals surface area contributed by atoms with Gasteiger partial charge in [0, 0.05) is 66.2 Å². The van der Waals surface area contributed by atoms with Crippen LogP contribution in [0.4, 0.5) is 0 Å². The van der Waals surface area contributed by atoms with Crippen molar-refractivity contribution in [1.29, 1.82) is 0 Å². The van der Waals surface area contributed by atoms with E-state index in [1.807, 2.05) is 0 Å². The molecule has 0 aromatic heterocycles. The Morgan fingerprint density at radius 1 is 0.780 bits per heavy atom. The minimum absolute atomic E-state index is 0.0194. The normalized spacial score (nSPS) is 35.0. The Morgan fingerprint density at radius 2 is 1.42 bits per heavy atom. The van der Waals surface area contributed by atoms with Crippen molar-refractivity contribution in [2.75, 3.05) is 59.2 Å². The second-order valence-corrected chi connectivity index (χ2v) is 15.9. The summed E-state index contributed by atoms with van der Waals surface area (Å²) in [4.78, 5) is 8.77. The highest BCUT2D eigenvalue weighted by atomic mass is 16.5. The summed E-state index contributed by atoms with van der Waals surface area (Å²) in [5.74, 6) is 3.01. The number of ether oxygens (including phenoxy) is 3. The number of hydrogen-bond donors (Lipinski definition) is 2. The average molecular weight is 701 g/mol. The molecule has 50 heavy (non-hydrogen) atoms. The van der Waals surface area contributed by atoms with Gasteiger partial charge in [-0.15, -0.1) is 0 Å². The minimum Gasteiger partial charge on any atom is -0.396 e. The van der Waals surface area contributed by atoms with Crippen LogP contribution in [-0.4, -0.2) is 82.6 Å². The van der Waals surface area contributed by atoms with E-state index in [-0.39, 0.29) is 35.7 Å². The van der Waals surface area contributed by atoms with Gasteiger partial charge in [0.2, 0.25) is 0 Å². The Labute approximate surface area is 299 Å². The van der Waals surface area contributed by atoms with Crippen LogP contribution in [0, 0.1) is 46.3 Å². The second kappa shape index (κ2) is 20.7. The molecule has 14 heteroatoms. The van der Waals surface area contributed by atoms with Crippen LogP contribution in [0.15, 0.2) is 15.3 Å². The topological polar surface area (TPSA) is 206 Å². The van der Waals surface area contributed by atoms with Gasteiger partial charge in [0.25, 0.3) is 0 Å². The van der Waals surface area contributed by atoms with Gasteiger partial charge < -0.3 is 24.6 Å². The number of fused-ring (bicyclic) bond motifs is 5. The van der Waals surface area contributed by atoms with Crippen molar-refractivity contribution in [3.8, 4) is 0 Å². The molecule has 0 amide bonds. The zero-order valence-corrected chi connectivity index (χ0v) is 30.9. The van der Waals surface area contributed by atoms with E-state index in [1.165, 1.54) is 19.3 Å². The highest BCUT2D eigenvalue weighted by Gasteiger charge is 2.66. The van der Waals surface area contributed by atoms with Gasteiger partial charge in [-0.05, 0) is 154 Å². The fourth-order valence-electron chi connectivity index (χ4n) is 11.0. The third-order valence-electron chi connectivity index (χ3n) is 13.4. The Kier molecular flexibility index (Phi) is 16.8. The van der Waals surface area contributed by atoms with Crippen LogP contribution in [0.1, 0.15) is 104 Å². The van der Waals surface area contributed by atoms with Gasteiger partial charge in [-0.1, -0.05) is 36.1 Å². The van der Waals surface area contributed by atoms with Gasteiger partial charge in [-0.25, -0.2) is 0 Å². The summed E-state index contributed by atoms with van der Waals surface area (Å²) in [5.41, 5.74) is 26.5. The average Bonchev–Trinajstić information content (AvgIpc) is 3.47. The SMILES string of the molecule is C[C@H](CCCNCCCO)C1CC[C@H]2[C@@H]3[C@H](OCCCN=[N+]=[N-])C[C@@H]4C[C@H](OCCCN=[N+]=[N-])CC[C@]4(C)[C@H]3C[C@H](OCCCN=[N+]=[N-])[C@]12C. The molecule has 4 aliphatic carbocycles. The van der Waals surface area contributed by atoms with Gasteiger partial charge in [-0.3, -0.25) is 0 Å². The number of nitrogens with one attached hydrogen (secondary N) is 1. The first-order valence-corrected chi connectivity index (χ1v) is 19.5. The number of rotatable bonds is 23. The first kappa shape index (κ1) is 40.5. The lowest BCUT2D eigenvalue weighted by molar-refractivity contribution is -0.227. The van der Waals surface area contributed by atoms with Crippen LogP contribution in [0.25, 0.3) is 31.3 Å². The molecule has 0 aromatic rings. The van der Waals surface area contributed by atoms with Crippen LogP contribution in [0.2, 0.25) is 0 Å².